The minimum Gasteiger partial charge on any atom is -0.341 e. The Kier molecular flexibility index (Phi) is 5.02. The molecule has 0 radical (unpaired) electrons. The molecule has 1 unspecified atom stereocenters. The van der Waals surface area contributed by atoms with Gasteiger partial charge in [0.15, 0.2) is 0 Å². The van der Waals surface area contributed by atoms with E-state index >= 15 is 0 Å². The molecule has 3 rings (SSSR count). The molecule has 0 aliphatic rings. The van der Waals surface area contributed by atoms with Crippen molar-refractivity contribution in [3.8, 4) is 5.69 Å². The van der Waals surface area contributed by atoms with Gasteiger partial charge in [0.05, 0.1) is 5.69 Å². The first-order valence-electron chi connectivity index (χ1n) is 8.06. The van der Waals surface area contributed by atoms with Gasteiger partial charge in [0, 0.05) is 11.3 Å². The summed E-state index contributed by atoms with van der Waals surface area (Å²) in [4.78, 5) is 24.6. The molecule has 0 bridgehead atoms. The molecule has 0 spiro atoms. The molecule has 0 aliphatic carbocycles. The van der Waals surface area contributed by atoms with Gasteiger partial charge >= 0.3 is 0 Å². The minimum atomic E-state index is -0.696. The predicted octanol–water partition coefficient (Wildman–Crippen LogP) is 1.73. The molecular weight excluding hydrogens is 332 g/mol. The summed E-state index contributed by atoms with van der Waals surface area (Å²) in [6.45, 7) is 3.50. The lowest BCUT2D eigenvalue weighted by Gasteiger charge is -2.16. The Balaban J connectivity index is 1.70. The third kappa shape index (κ3) is 3.75. The van der Waals surface area contributed by atoms with Crippen molar-refractivity contribution in [2.75, 3.05) is 5.32 Å². The van der Waals surface area contributed by atoms with Crippen LogP contribution in [0.5, 0.6) is 0 Å². The zero-order valence-electron chi connectivity index (χ0n) is 14.4. The highest BCUT2D eigenvalue weighted by atomic mass is 16.2. The second-order valence-electron chi connectivity index (χ2n) is 5.75. The standard InChI is InChI=1S/C18H18N6O2/c1-12-15(9-6-10-16(12)24-11-19-22-23-24)21-17(25)13(2)20-18(26)14-7-4-3-5-8-14/h3-11,13H,1-2H3,(H,20,26)(H,21,25). The fourth-order valence-corrected chi connectivity index (χ4v) is 2.45. The number of nitrogens with zero attached hydrogens (tertiary/aromatic N) is 4. The Bertz CT molecular complexity index is 909. The molecule has 1 heterocycles. The van der Waals surface area contributed by atoms with Gasteiger partial charge in [-0.1, -0.05) is 24.3 Å². The van der Waals surface area contributed by atoms with Gasteiger partial charge in [0.2, 0.25) is 5.91 Å². The van der Waals surface area contributed by atoms with E-state index in [4.69, 9.17) is 0 Å². The van der Waals surface area contributed by atoms with Gasteiger partial charge in [-0.2, -0.15) is 0 Å². The quantitative estimate of drug-likeness (QED) is 0.730. The first kappa shape index (κ1) is 17.3. The van der Waals surface area contributed by atoms with Crippen molar-refractivity contribution < 1.29 is 9.59 Å². The highest BCUT2D eigenvalue weighted by Crippen LogP contribution is 2.21. The van der Waals surface area contributed by atoms with Gasteiger partial charge < -0.3 is 10.6 Å². The summed E-state index contributed by atoms with van der Waals surface area (Å²) in [6, 6.07) is 13.5. The van der Waals surface area contributed by atoms with E-state index in [0.717, 1.165) is 11.3 Å². The van der Waals surface area contributed by atoms with Crippen molar-refractivity contribution in [3.05, 3.63) is 66.0 Å². The minimum absolute atomic E-state index is 0.299. The number of aromatic nitrogens is 4. The van der Waals surface area contributed by atoms with Crippen molar-refractivity contribution in [2.45, 2.75) is 19.9 Å². The molecule has 0 aliphatic heterocycles. The van der Waals surface area contributed by atoms with E-state index in [0.29, 0.717) is 11.3 Å². The lowest BCUT2D eigenvalue weighted by Crippen LogP contribution is -2.41. The van der Waals surface area contributed by atoms with Crippen LogP contribution >= 0.6 is 0 Å². The van der Waals surface area contributed by atoms with Gasteiger partial charge in [-0.25, -0.2) is 4.68 Å². The number of rotatable bonds is 5. The van der Waals surface area contributed by atoms with Crippen LogP contribution in [0.4, 0.5) is 5.69 Å². The van der Waals surface area contributed by atoms with Crippen molar-refractivity contribution in [3.63, 3.8) is 0 Å². The van der Waals surface area contributed by atoms with E-state index in [1.807, 2.05) is 19.1 Å². The third-order valence-electron chi connectivity index (χ3n) is 3.94. The van der Waals surface area contributed by atoms with Crippen LogP contribution in [-0.2, 0) is 4.79 Å². The zero-order valence-corrected chi connectivity index (χ0v) is 14.4. The maximum absolute atomic E-state index is 12.5. The Morgan fingerprint density at radius 3 is 2.54 bits per heavy atom. The van der Waals surface area contributed by atoms with Crippen LogP contribution in [0, 0.1) is 6.92 Å². The molecule has 8 nitrogen and oxygen atoms in total. The lowest BCUT2D eigenvalue weighted by molar-refractivity contribution is -0.117. The number of hydrogen-bond donors (Lipinski definition) is 2. The Hall–Kier alpha value is -3.55. The van der Waals surface area contributed by atoms with Crippen LogP contribution in [0.2, 0.25) is 0 Å². The van der Waals surface area contributed by atoms with E-state index in [1.165, 1.54) is 11.0 Å². The van der Waals surface area contributed by atoms with Crippen molar-refractivity contribution in [1.82, 2.24) is 25.5 Å². The number of hydrogen-bond acceptors (Lipinski definition) is 5. The second kappa shape index (κ2) is 7.56. The fraction of sp³-hybridized carbons (Fsp3) is 0.167. The number of tetrazole rings is 1. The molecule has 0 saturated heterocycles. The molecular formula is C18H18N6O2. The molecule has 0 fully saturated rings. The highest BCUT2D eigenvalue weighted by Gasteiger charge is 2.18. The first-order valence-corrected chi connectivity index (χ1v) is 8.06. The molecule has 1 aromatic heterocycles. The average Bonchev–Trinajstić information content (AvgIpc) is 3.18. The van der Waals surface area contributed by atoms with Crippen molar-refractivity contribution in [1.29, 1.82) is 0 Å². The van der Waals surface area contributed by atoms with Crippen LogP contribution in [0.15, 0.2) is 54.9 Å². The number of carbonyl (C=O) groups is 2. The summed E-state index contributed by atoms with van der Waals surface area (Å²) in [5.41, 5.74) is 2.70. The first-order chi connectivity index (χ1) is 12.6. The molecule has 2 aromatic carbocycles. The van der Waals surface area contributed by atoms with E-state index in [1.54, 1.807) is 43.3 Å². The Labute approximate surface area is 150 Å². The predicted molar refractivity (Wildman–Crippen MR) is 95.9 cm³/mol. The number of nitrogens with one attached hydrogen (secondary N) is 2. The largest absolute Gasteiger partial charge is 0.341 e. The topological polar surface area (TPSA) is 102 Å². The van der Waals surface area contributed by atoms with Crippen molar-refractivity contribution in [2.24, 2.45) is 0 Å². The average molecular weight is 350 g/mol. The summed E-state index contributed by atoms with van der Waals surface area (Å²) >= 11 is 0. The number of anilines is 1. The molecule has 2 amide bonds. The van der Waals surface area contributed by atoms with E-state index < -0.39 is 6.04 Å². The van der Waals surface area contributed by atoms with E-state index in [9.17, 15) is 9.59 Å². The van der Waals surface area contributed by atoms with Gasteiger partial charge in [-0.3, -0.25) is 9.59 Å². The second-order valence-corrected chi connectivity index (χ2v) is 5.75. The maximum atomic E-state index is 12.5. The summed E-state index contributed by atoms with van der Waals surface area (Å²) in [7, 11) is 0. The van der Waals surface area contributed by atoms with Gasteiger partial charge in [0.1, 0.15) is 12.4 Å². The third-order valence-corrected chi connectivity index (χ3v) is 3.94. The zero-order chi connectivity index (χ0) is 18.5. The lowest BCUT2D eigenvalue weighted by atomic mass is 10.1. The molecule has 26 heavy (non-hydrogen) atoms. The van der Waals surface area contributed by atoms with E-state index in [-0.39, 0.29) is 11.8 Å². The van der Waals surface area contributed by atoms with Crippen LogP contribution in [0.25, 0.3) is 5.69 Å². The number of amides is 2. The summed E-state index contributed by atoms with van der Waals surface area (Å²) < 4.78 is 1.52. The van der Waals surface area contributed by atoms with Crippen LogP contribution in [0.1, 0.15) is 22.8 Å². The van der Waals surface area contributed by atoms with Crippen LogP contribution in [-0.4, -0.2) is 38.1 Å². The molecule has 0 saturated carbocycles. The van der Waals surface area contributed by atoms with Gasteiger partial charge in [-0.15, -0.1) is 5.10 Å². The summed E-state index contributed by atoms with van der Waals surface area (Å²) in [6.07, 6.45) is 1.48. The summed E-state index contributed by atoms with van der Waals surface area (Å²) in [5, 5.41) is 16.6. The molecule has 3 aromatic rings. The normalized spacial score (nSPS) is 11.6. The Morgan fingerprint density at radius 2 is 1.85 bits per heavy atom. The summed E-state index contributed by atoms with van der Waals surface area (Å²) in [5.74, 6) is -0.612. The fourth-order valence-electron chi connectivity index (χ4n) is 2.45. The van der Waals surface area contributed by atoms with Crippen LogP contribution in [0.3, 0.4) is 0 Å². The SMILES string of the molecule is Cc1c(NC(=O)C(C)NC(=O)c2ccccc2)cccc1-n1cnnn1. The Morgan fingerprint density at radius 1 is 1.08 bits per heavy atom. The maximum Gasteiger partial charge on any atom is 0.251 e. The monoisotopic (exact) mass is 350 g/mol. The van der Waals surface area contributed by atoms with Gasteiger partial charge in [-0.05, 0) is 54.1 Å². The highest BCUT2D eigenvalue weighted by molar-refractivity contribution is 6.01. The van der Waals surface area contributed by atoms with Crippen molar-refractivity contribution >= 4 is 17.5 Å². The molecule has 1 atom stereocenters. The molecule has 8 heteroatoms. The number of benzene rings is 2. The molecule has 2 N–H and O–H groups in total. The van der Waals surface area contributed by atoms with Gasteiger partial charge in [0.25, 0.3) is 5.91 Å². The smallest absolute Gasteiger partial charge is 0.251 e. The number of carbonyl (C=O) groups excluding carboxylic acids is 2. The molecule has 132 valence electrons. The van der Waals surface area contributed by atoms with Crippen LogP contribution < -0.4 is 10.6 Å². The van der Waals surface area contributed by atoms with E-state index in [2.05, 4.69) is 26.2 Å².